The molecule has 0 unspecified atom stereocenters. The van der Waals surface area contributed by atoms with Crippen molar-refractivity contribution < 1.29 is 13.2 Å². The molecule has 170 valence electrons. The molecule has 1 amide bonds. The lowest BCUT2D eigenvalue weighted by Crippen LogP contribution is -2.24. The molecular formula is C23H18Br2ClN3O3S. The van der Waals surface area contributed by atoms with Gasteiger partial charge in [-0.05, 0) is 63.5 Å². The van der Waals surface area contributed by atoms with Crippen LogP contribution in [0.25, 0.3) is 0 Å². The smallest absolute Gasteiger partial charge is 0.263 e. The van der Waals surface area contributed by atoms with Gasteiger partial charge in [-0.2, -0.15) is 5.10 Å². The summed E-state index contributed by atoms with van der Waals surface area (Å²) >= 11 is 12.9. The molecule has 0 aromatic heterocycles. The second-order valence-corrected chi connectivity index (χ2v) is 11.2. The summed E-state index contributed by atoms with van der Waals surface area (Å²) in [7, 11) is -3.79. The molecule has 0 bridgehead atoms. The van der Waals surface area contributed by atoms with E-state index in [4.69, 9.17) is 11.6 Å². The Labute approximate surface area is 214 Å². The van der Waals surface area contributed by atoms with Gasteiger partial charge in [-0.25, -0.2) is 13.4 Å². The number of carbonyl (C=O) groups excluding carboxylic acids is 1. The molecule has 0 radical (unpaired) electrons. The highest BCUT2D eigenvalue weighted by Gasteiger charge is 2.32. The monoisotopic (exact) mass is 609 g/mol. The average Bonchev–Trinajstić information content (AvgIpc) is 3.21. The van der Waals surface area contributed by atoms with Gasteiger partial charge in [-0.1, -0.05) is 57.9 Å². The predicted octanol–water partition coefficient (Wildman–Crippen LogP) is 6.36. The molecule has 1 N–H and O–H groups in total. The third kappa shape index (κ3) is 5.16. The molecule has 0 fully saturated rings. The predicted molar refractivity (Wildman–Crippen MR) is 137 cm³/mol. The largest absolute Gasteiger partial charge is 0.280 e. The lowest BCUT2D eigenvalue weighted by molar-refractivity contribution is -0.130. The maximum atomic E-state index is 12.8. The number of carbonyl (C=O) groups is 1. The number of benzene rings is 3. The summed E-state index contributed by atoms with van der Waals surface area (Å²) < 4.78 is 29.4. The van der Waals surface area contributed by atoms with E-state index >= 15 is 0 Å². The van der Waals surface area contributed by atoms with Gasteiger partial charge < -0.3 is 0 Å². The van der Waals surface area contributed by atoms with Gasteiger partial charge in [0.05, 0.1) is 11.8 Å². The van der Waals surface area contributed by atoms with E-state index in [1.807, 2.05) is 18.2 Å². The van der Waals surface area contributed by atoms with Crippen LogP contribution in [0.3, 0.4) is 0 Å². The lowest BCUT2D eigenvalue weighted by atomic mass is 9.98. The minimum absolute atomic E-state index is 0.126. The van der Waals surface area contributed by atoms with E-state index in [-0.39, 0.29) is 16.8 Å². The minimum Gasteiger partial charge on any atom is -0.280 e. The van der Waals surface area contributed by atoms with Crippen molar-refractivity contribution in [3.63, 3.8) is 0 Å². The van der Waals surface area contributed by atoms with E-state index in [2.05, 4.69) is 41.7 Å². The van der Waals surface area contributed by atoms with Gasteiger partial charge in [0, 0.05) is 33.0 Å². The summed E-state index contributed by atoms with van der Waals surface area (Å²) in [6.45, 7) is 1.47. The molecule has 1 heterocycles. The zero-order valence-corrected chi connectivity index (χ0v) is 22.0. The molecule has 0 saturated heterocycles. The van der Waals surface area contributed by atoms with Gasteiger partial charge in [-0.15, -0.1) is 0 Å². The SMILES string of the molecule is CC(=O)N1N=C(c2ccc(NS(=O)(=O)c3cc(Br)ccc3Br)cc2)C[C@H]1c1ccccc1Cl. The van der Waals surface area contributed by atoms with Crippen molar-refractivity contribution in [2.45, 2.75) is 24.3 Å². The maximum Gasteiger partial charge on any atom is 0.263 e. The molecule has 3 aromatic carbocycles. The van der Waals surface area contributed by atoms with E-state index in [0.29, 0.717) is 26.1 Å². The normalized spacial score (nSPS) is 15.9. The number of nitrogens with one attached hydrogen (secondary N) is 1. The molecule has 1 aliphatic heterocycles. The highest BCUT2D eigenvalue weighted by molar-refractivity contribution is 9.11. The molecule has 0 aliphatic carbocycles. The molecule has 0 spiro atoms. The van der Waals surface area contributed by atoms with Crippen LogP contribution in [-0.2, 0) is 14.8 Å². The summed E-state index contributed by atoms with van der Waals surface area (Å²) in [6.07, 6.45) is 0.499. The Morgan fingerprint density at radius 2 is 1.79 bits per heavy atom. The molecule has 6 nitrogen and oxygen atoms in total. The first-order chi connectivity index (χ1) is 15.7. The van der Waals surface area contributed by atoms with E-state index < -0.39 is 10.0 Å². The number of nitrogens with zero attached hydrogens (tertiary/aromatic N) is 2. The topological polar surface area (TPSA) is 78.8 Å². The number of halogens is 3. The van der Waals surface area contributed by atoms with Gasteiger partial charge in [0.15, 0.2) is 0 Å². The van der Waals surface area contributed by atoms with E-state index in [0.717, 1.165) is 16.8 Å². The van der Waals surface area contributed by atoms with E-state index in [1.165, 1.54) is 18.0 Å². The van der Waals surface area contributed by atoms with Crippen molar-refractivity contribution in [1.82, 2.24) is 5.01 Å². The number of hydrazone groups is 1. The second kappa shape index (κ2) is 9.58. The Morgan fingerprint density at radius 1 is 1.09 bits per heavy atom. The standard InChI is InChI=1S/C23H18Br2ClN3O3S/c1-14(30)29-22(18-4-2-3-5-20(18)26)13-21(27-29)15-6-9-17(10-7-15)28-33(31,32)23-12-16(24)8-11-19(23)25/h2-12,22,28H,13H2,1H3/t22-/m0/s1. The Hall–Kier alpha value is -2.20. The van der Waals surface area contributed by atoms with Gasteiger partial charge in [0.1, 0.15) is 4.90 Å². The second-order valence-electron chi connectivity index (χ2n) is 7.41. The fraction of sp³-hybridized carbons (Fsp3) is 0.130. The Morgan fingerprint density at radius 3 is 2.45 bits per heavy atom. The fourth-order valence-corrected chi connectivity index (χ4v) is 6.41. The average molecular weight is 612 g/mol. The molecule has 33 heavy (non-hydrogen) atoms. The first kappa shape index (κ1) is 23.9. The van der Waals surface area contributed by atoms with E-state index in [9.17, 15) is 13.2 Å². The van der Waals surface area contributed by atoms with Crippen LogP contribution in [0, 0.1) is 0 Å². The summed E-state index contributed by atoms with van der Waals surface area (Å²) in [4.78, 5) is 12.3. The number of rotatable bonds is 5. The Kier molecular flexibility index (Phi) is 6.95. The first-order valence-electron chi connectivity index (χ1n) is 9.86. The third-order valence-electron chi connectivity index (χ3n) is 5.15. The number of anilines is 1. The number of hydrogen-bond donors (Lipinski definition) is 1. The fourth-order valence-electron chi connectivity index (χ4n) is 3.59. The van der Waals surface area contributed by atoms with Crippen LogP contribution in [0.15, 0.2) is 85.7 Å². The summed E-state index contributed by atoms with van der Waals surface area (Å²) in [5, 5.41) is 6.54. The zero-order chi connectivity index (χ0) is 23.8. The van der Waals surface area contributed by atoms with E-state index in [1.54, 1.807) is 42.5 Å². The highest BCUT2D eigenvalue weighted by Crippen LogP contribution is 2.36. The van der Waals surface area contributed by atoms with Crippen LogP contribution in [0.2, 0.25) is 5.02 Å². The van der Waals surface area contributed by atoms with Gasteiger partial charge in [0.2, 0.25) is 5.91 Å². The van der Waals surface area contributed by atoms with Crippen LogP contribution < -0.4 is 4.72 Å². The zero-order valence-electron chi connectivity index (χ0n) is 17.3. The van der Waals surface area contributed by atoms with Crippen molar-refractivity contribution in [3.8, 4) is 0 Å². The number of hydrogen-bond acceptors (Lipinski definition) is 4. The number of amides is 1. The third-order valence-corrected chi connectivity index (χ3v) is 8.36. The van der Waals surface area contributed by atoms with Crippen LogP contribution in [0.4, 0.5) is 5.69 Å². The summed E-state index contributed by atoms with van der Waals surface area (Å²) in [5.74, 6) is -0.182. The van der Waals surface area contributed by atoms with Crippen LogP contribution in [0.5, 0.6) is 0 Å². The van der Waals surface area contributed by atoms with Crippen molar-refractivity contribution in [3.05, 3.63) is 91.8 Å². The Balaban J connectivity index is 1.57. The van der Waals surface area contributed by atoms with Crippen LogP contribution >= 0.6 is 43.5 Å². The Bertz CT molecular complexity index is 1360. The number of sulfonamides is 1. The van der Waals surface area contributed by atoms with Crippen molar-refractivity contribution in [2.24, 2.45) is 5.10 Å². The molecule has 1 atom stereocenters. The quantitative estimate of drug-likeness (QED) is 0.365. The summed E-state index contributed by atoms with van der Waals surface area (Å²) in [5.41, 5.74) is 2.76. The van der Waals surface area contributed by atoms with Crippen molar-refractivity contribution >= 4 is 70.8 Å². The van der Waals surface area contributed by atoms with Crippen molar-refractivity contribution in [2.75, 3.05) is 4.72 Å². The summed E-state index contributed by atoms with van der Waals surface area (Å²) in [6, 6.07) is 18.9. The van der Waals surface area contributed by atoms with Crippen LogP contribution in [-0.4, -0.2) is 25.0 Å². The van der Waals surface area contributed by atoms with Crippen LogP contribution in [0.1, 0.15) is 30.5 Å². The first-order valence-corrected chi connectivity index (χ1v) is 13.3. The molecular weight excluding hydrogens is 594 g/mol. The molecule has 1 aliphatic rings. The molecule has 3 aromatic rings. The molecule has 4 rings (SSSR count). The van der Waals surface area contributed by atoms with Crippen molar-refractivity contribution in [1.29, 1.82) is 0 Å². The lowest BCUT2D eigenvalue weighted by Gasteiger charge is -2.21. The minimum atomic E-state index is -3.79. The molecule has 10 heteroatoms. The highest BCUT2D eigenvalue weighted by atomic mass is 79.9. The van der Waals surface area contributed by atoms with Gasteiger partial charge in [0.25, 0.3) is 10.0 Å². The maximum absolute atomic E-state index is 12.8. The molecule has 0 saturated carbocycles. The van der Waals surface area contributed by atoms with Gasteiger partial charge >= 0.3 is 0 Å². The van der Waals surface area contributed by atoms with Gasteiger partial charge in [-0.3, -0.25) is 9.52 Å².